The van der Waals surface area contributed by atoms with Crippen molar-refractivity contribution < 1.29 is 14.5 Å². The Morgan fingerprint density at radius 2 is 1.82 bits per heavy atom. The molecular formula is C20H24N4O4. The number of urea groups is 1. The lowest BCUT2D eigenvalue weighted by Crippen LogP contribution is -2.39. The lowest BCUT2D eigenvalue weighted by atomic mass is 10.1. The van der Waals surface area contributed by atoms with Crippen molar-refractivity contribution in [1.82, 2.24) is 10.6 Å². The number of hydrogen-bond donors (Lipinski definition) is 3. The molecule has 0 radical (unpaired) electrons. The van der Waals surface area contributed by atoms with Crippen LogP contribution >= 0.6 is 0 Å². The van der Waals surface area contributed by atoms with Crippen molar-refractivity contribution in [2.24, 2.45) is 0 Å². The van der Waals surface area contributed by atoms with E-state index in [0.717, 1.165) is 18.6 Å². The molecule has 1 aliphatic rings. The molecule has 0 heterocycles. The number of carbonyl (C=O) groups is 1. The summed E-state index contributed by atoms with van der Waals surface area (Å²) in [5, 5.41) is 19.3. The van der Waals surface area contributed by atoms with Crippen molar-refractivity contribution >= 4 is 17.4 Å². The van der Waals surface area contributed by atoms with Gasteiger partial charge in [0, 0.05) is 19.2 Å². The zero-order valence-corrected chi connectivity index (χ0v) is 15.6. The highest BCUT2D eigenvalue weighted by molar-refractivity contribution is 5.73. The third-order valence-electron chi connectivity index (χ3n) is 4.55. The van der Waals surface area contributed by atoms with Gasteiger partial charge in [0.1, 0.15) is 18.0 Å². The predicted octanol–water partition coefficient (Wildman–Crippen LogP) is 2.87. The normalized spacial score (nSPS) is 12.1. The van der Waals surface area contributed by atoms with Gasteiger partial charge < -0.3 is 20.7 Å². The summed E-state index contributed by atoms with van der Waals surface area (Å²) in [6, 6.07) is 12.3. The summed E-state index contributed by atoms with van der Waals surface area (Å²) < 4.78 is 5.68. The summed E-state index contributed by atoms with van der Waals surface area (Å²) in [6.07, 6.45) is 3.45. The molecule has 0 aromatic heterocycles. The number of hydrogen-bond acceptors (Lipinski definition) is 5. The molecule has 0 aliphatic heterocycles. The fourth-order valence-electron chi connectivity index (χ4n) is 3.19. The number of nitro groups is 1. The quantitative estimate of drug-likeness (QED) is 0.350. The lowest BCUT2D eigenvalue weighted by Gasteiger charge is -2.11. The van der Waals surface area contributed by atoms with Crippen LogP contribution in [-0.4, -0.2) is 37.2 Å². The van der Waals surface area contributed by atoms with Crippen molar-refractivity contribution in [3.8, 4) is 5.75 Å². The van der Waals surface area contributed by atoms with Crippen LogP contribution in [-0.2, 0) is 12.8 Å². The summed E-state index contributed by atoms with van der Waals surface area (Å²) in [4.78, 5) is 22.3. The van der Waals surface area contributed by atoms with Gasteiger partial charge in [-0.1, -0.05) is 18.2 Å². The summed E-state index contributed by atoms with van der Waals surface area (Å²) in [7, 11) is 0. The van der Waals surface area contributed by atoms with E-state index in [1.807, 2.05) is 6.07 Å². The van der Waals surface area contributed by atoms with Crippen LogP contribution in [0.15, 0.2) is 42.5 Å². The molecule has 28 heavy (non-hydrogen) atoms. The molecule has 0 atom stereocenters. The van der Waals surface area contributed by atoms with Gasteiger partial charge in [0.05, 0.1) is 11.5 Å². The number of anilines is 1. The molecule has 2 amide bonds. The van der Waals surface area contributed by atoms with Crippen LogP contribution in [0.3, 0.4) is 0 Å². The third kappa shape index (κ3) is 5.35. The maximum atomic E-state index is 11.8. The summed E-state index contributed by atoms with van der Waals surface area (Å²) >= 11 is 0. The number of benzene rings is 2. The minimum absolute atomic E-state index is 0.00987. The van der Waals surface area contributed by atoms with Crippen molar-refractivity contribution in [3.63, 3.8) is 0 Å². The largest absolute Gasteiger partial charge is 0.492 e. The van der Waals surface area contributed by atoms with Crippen molar-refractivity contribution in [3.05, 3.63) is 63.7 Å². The number of nitrogens with one attached hydrogen (secondary N) is 3. The first-order valence-corrected chi connectivity index (χ1v) is 9.37. The maximum Gasteiger partial charge on any atom is 0.314 e. The van der Waals surface area contributed by atoms with Gasteiger partial charge in [-0.3, -0.25) is 10.1 Å². The highest BCUT2D eigenvalue weighted by Gasteiger charge is 2.12. The van der Waals surface area contributed by atoms with E-state index >= 15 is 0 Å². The molecule has 0 saturated heterocycles. The van der Waals surface area contributed by atoms with E-state index in [0.29, 0.717) is 31.9 Å². The highest BCUT2D eigenvalue weighted by Crippen LogP contribution is 2.26. The van der Waals surface area contributed by atoms with Gasteiger partial charge in [0.2, 0.25) is 0 Å². The Bertz CT molecular complexity index is 841. The second-order valence-electron chi connectivity index (χ2n) is 6.52. The van der Waals surface area contributed by atoms with Crippen LogP contribution in [0.1, 0.15) is 17.5 Å². The Labute approximate surface area is 163 Å². The van der Waals surface area contributed by atoms with E-state index in [4.69, 9.17) is 4.74 Å². The maximum absolute atomic E-state index is 11.8. The Morgan fingerprint density at radius 3 is 2.68 bits per heavy atom. The number of aryl methyl sites for hydroxylation is 2. The molecular weight excluding hydrogens is 360 g/mol. The Kier molecular flexibility index (Phi) is 6.67. The molecule has 8 nitrogen and oxygen atoms in total. The molecule has 0 bridgehead atoms. The van der Waals surface area contributed by atoms with Crippen LogP contribution in [0.4, 0.5) is 16.2 Å². The topological polar surface area (TPSA) is 106 Å². The van der Waals surface area contributed by atoms with E-state index in [-0.39, 0.29) is 11.7 Å². The van der Waals surface area contributed by atoms with Gasteiger partial charge in [0.25, 0.3) is 5.69 Å². The van der Waals surface area contributed by atoms with Crippen LogP contribution in [0.2, 0.25) is 0 Å². The van der Waals surface area contributed by atoms with Crippen molar-refractivity contribution in [2.75, 3.05) is 31.6 Å². The number of ether oxygens (including phenoxy) is 1. The smallest absolute Gasteiger partial charge is 0.314 e. The molecule has 3 N–H and O–H groups in total. The van der Waals surface area contributed by atoms with Gasteiger partial charge in [-0.15, -0.1) is 0 Å². The predicted molar refractivity (Wildman–Crippen MR) is 107 cm³/mol. The van der Waals surface area contributed by atoms with E-state index in [9.17, 15) is 14.9 Å². The fourth-order valence-corrected chi connectivity index (χ4v) is 3.19. The second-order valence-corrected chi connectivity index (χ2v) is 6.52. The average Bonchev–Trinajstić information content (AvgIpc) is 3.16. The average molecular weight is 384 g/mol. The highest BCUT2D eigenvalue weighted by atomic mass is 16.6. The van der Waals surface area contributed by atoms with Crippen LogP contribution in [0, 0.1) is 10.1 Å². The number of carbonyl (C=O) groups excluding carboxylic acids is 1. The molecule has 0 fully saturated rings. The zero-order valence-electron chi connectivity index (χ0n) is 15.6. The zero-order chi connectivity index (χ0) is 19.8. The van der Waals surface area contributed by atoms with E-state index in [1.54, 1.807) is 18.2 Å². The Hall–Kier alpha value is -3.29. The first-order chi connectivity index (χ1) is 13.6. The van der Waals surface area contributed by atoms with Crippen molar-refractivity contribution in [2.45, 2.75) is 19.3 Å². The standard InChI is InChI=1S/C20H24N4O4/c25-20(22-11-10-21-18-6-1-2-7-19(18)24(26)27)23-12-13-28-17-9-8-15-4-3-5-16(15)14-17/h1-2,6-9,14,21H,3-5,10-13H2,(H2,22,23,25). The number of rotatable bonds is 9. The van der Waals surface area contributed by atoms with E-state index in [1.165, 1.54) is 23.6 Å². The number of nitrogens with zero attached hydrogens (tertiary/aromatic N) is 1. The number of amides is 2. The summed E-state index contributed by atoms with van der Waals surface area (Å²) in [5.74, 6) is 0.830. The van der Waals surface area contributed by atoms with Crippen LogP contribution < -0.4 is 20.7 Å². The second kappa shape index (κ2) is 9.59. The van der Waals surface area contributed by atoms with Gasteiger partial charge in [-0.2, -0.15) is 0 Å². The van der Waals surface area contributed by atoms with Crippen LogP contribution in [0.25, 0.3) is 0 Å². The molecule has 3 rings (SSSR count). The summed E-state index contributed by atoms with van der Waals surface area (Å²) in [6.45, 7) is 1.49. The Morgan fingerprint density at radius 1 is 1.04 bits per heavy atom. The van der Waals surface area contributed by atoms with Gasteiger partial charge in [0.15, 0.2) is 0 Å². The summed E-state index contributed by atoms with van der Waals surface area (Å²) in [5.41, 5.74) is 3.20. The molecule has 2 aromatic carbocycles. The Balaban J connectivity index is 1.29. The first kappa shape index (κ1) is 19.5. The lowest BCUT2D eigenvalue weighted by molar-refractivity contribution is -0.384. The fraction of sp³-hybridized carbons (Fsp3) is 0.350. The molecule has 0 unspecified atom stereocenters. The number of nitro benzene ring substituents is 1. The monoisotopic (exact) mass is 384 g/mol. The van der Waals surface area contributed by atoms with Gasteiger partial charge in [-0.25, -0.2) is 4.79 Å². The molecule has 1 aliphatic carbocycles. The first-order valence-electron chi connectivity index (χ1n) is 9.37. The molecule has 8 heteroatoms. The van der Waals surface area contributed by atoms with Crippen LogP contribution in [0.5, 0.6) is 5.75 Å². The molecule has 2 aromatic rings. The molecule has 0 saturated carbocycles. The minimum atomic E-state index is -0.441. The van der Waals surface area contributed by atoms with Gasteiger partial charge >= 0.3 is 6.03 Å². The SMILES string of the molecule is O=C(NCCNc1ccccc1[N+](=O)[O-])NCCOc1ccc2c(c1)CCC2. The number of fused-ring (bicyclic) bond motifs is 1. The third-order valence-corrected chi connectivity index (χ3v) is 4.55. The van der Waals surface area contributed by atoms with Gasteiger partial charge in [-0.05, 0) is 48.6 Å². The molecule has 148 valence electrons. The van der Waals surface area contributed by atoms with E-state index < -0.39 is 4.92 Å². The number of para-hydroxylation sites is 2. The van der Waals surface area contributed by atoms with E-state index in [2.05, 4.69) is 28.1 Å². The minimum Gasteiger partial charge on any atom is -0.492 e. The van der Waals surface area contributed by atoms with Crippen molar-refractivity contribution in [1.29, 1.82) is 0 Å². The molecule has 0 spiro atoms.